The molecule has 0 N–H and O–H groups in total. The van der Waals surface area contributed by atoms with Crippen LogP contribution in [0.3, 0.4) is 0 Å². The molecular formula is C42H42N4. The van der Waals surface area contributed by atoms with Crippen molar-refractivity contribution in [2.75, 3.05) is 21.7 Å². The Morgan fingerprint density at radius 1 is 0.457 bits per heavy atom. The molecule has 0 spiro atoms. The Morgan fingerprint density at radius 2 is 0.891 bits per heavy atom. The maximum Gasteiger partial charge on any atom is 0.108 e. The lowest BCUT2D eigenvalue weighted by atomic mass is 9.90. The topological polar surface area (TPSA) is 13.0 Å². The first kappa shape index (κ1) is 29.5. The molecule has 2 atom stereocenters. The number of fused-ring (bicyclic) bond motifs is 12. The van der Waals surface area contributed by atoms with Crippen LogP contribution in [0.4, 0.5) is 17.1 Å². The van der Waals surface area contributed by atoms with Gasteiger partial charge < -0.3 is 19.6 Å². The molecule has 0 aliphatic carbocycles. The minimum atomic E-state index is 0. The Labute approximate surface area is 274 Å². The Hall–Kier alpha value is -5.22. The summed E-state index contributed by atoms with van der Waals surface area (Å²) in [5.74, 6) is 0. The Balaban J connectivity index is 0.000000147. The highest BCUT2D eigenvalue weighted by Gasteiger charge is 2.38. The van der Waals surface area contributed by atoms with E-state index in [0.717, 1.165) is 0 Å². The van der Waals surface area contributed by atoms with Crippen molar-refractivity contribution in [1.29, 1.82) is 0 Å². The molecule has 0 bridgehead atoms. The summed E-state index contributed by atoms with van der Waals surface area (Å²) in [6.45, 7) is 8.95. The van der Waals surface area contributed by atoms with Gasteiger partial charge in [0, 0.05) is 47.4 Å². The first-order valence-corrected chi connectivity index (χ1v) is 15.9. The lowest BCUT2D eigenvalue weighted by Gasteiger charge is -2.37. The number of benzene rings is 5. The van der Waals surface area contributed by atoms with Gasteiger partial charge in [0.2, 0.25) is 0 Å². The van der Waals surface area contributed by atoms with Crippen LogP contribution in [0.5, 0.6) is 0 Å². The normalized spacial score (nSPS) is 18.0. The zero-order valence-corrected chi connectivity index (χ0v) is 26.6. The van der Waals surface area contributed by atoms with Crippen LogP contribution in [0.1, 0.15) is 43.5 Å². The van der Waals surface area contributed by atoms with E-state index in [4.69, 9.17) is 0 Å². The van der Waals surface area contributed by atoms with Crippen LogP contribution >= 0.6 is 0 Å². The van der Waals surface area contributed by atoms with Gasteiger partial charge in [0.05, 0.1) is 22.8 Å². The molecule has 4 heterocycles. The van der Waals surface area contributed by atoms with Gasteiger partial charge in [0.1, 0.15) is 12.3 Å². The van der Waals surface area contributed by atoms with Gasteiger partial charge >= 0.3 is 0 Å². The van der Waals surface area contributed by atoms with E-state index in [1.807, 2.05) is 0 Å². The number of hydrogen-bond donors (Lipinski definition) is 0. The Morgan fingerprint density at radius 3 is 1.43 bits per heavy atom. The van der Waals surface area contributed by atoms with Crippen LogP contribution in [0.2, 0.25) is 0 Å². The van der Waals surface area contributed by atoms with Gasteiger partial charge in [-0.1, -0.05) is 111 Å². The van der Waals surface area contributed by atoms with Gasteiger partial charge in [-0.2, -0.15) is 0 Å². The van der Waals surface area contributed by atoms with E-state index in [9.17, 15) is 0 Å². The minimum Gasteiger partial charge on any atom is -0.358 e. The molecular weight excluding hydrogens is 560 g/mol. The lowest BCUT2D eigenvalue weighted by molar-refractivity contribution is 0.383. The molecule has 4 nitrogen and oxygen atoms in total. The highest BCUT2D eigenvalue weighted by Crippen LogP contribution is 2.51. The summed E-state index contributed by atoms with van der Waals surface area (Å²) in [5.41, 5.74) is 17.2. The van der Waals surface area contributed by atoms with E-state index in [1.54, 1.807) is 0 Å². The van der Waals surface area contributed by atoms with E-state index in [1.165, 1.54) is 73.0 Å². The molecule has 0 saturated heterocycles. The van der Waals surface area contributed by atoms with Crippen molar-refractivity contribution < 1.29 is 0 Å². The molecule has 4 heteroatoms. The van der Waals surface area contributed by atoms with E-state index in [-0.39, 0.29) is 13.6 Å². The molecule has 0 fully saturated rings. The van der Waals surface area contributed by atoms with E-state index in [2.05, 4.69) is 182 Å². The van der Waals surface area contributed by atoms with Gasteiger partial charge in [-0.15, -0.1) is 0 Å². The number of rotatable bonds is 1. The number of nitrogens with zero attached hydrogens (tertiary/aromatic N) is 4. The van der Waals surface area contributed by atoms with Crippen LogP contribution < -0.4 is 14.7 Å². The Kier molecular flexibility index (Phi) is 7.24. The molecule has 4 aliphatic heterocycles. The van der Waals surface area contributed by atoms with Crippen LogP contribution in [0, 0.1) is 13.8 Å². The molecule has 46 heavy (non-hydrogen) atoms. The van der Waals surface area contributed by atoms with Crippen molar-refractivity contribution in [3.05, 3.63) is 150 Å². The minimum absolute atomic E-state index is 0. The van der Waals surface area contributed by atoms with Crippen LogP contribution in [-0.2, 0) is 0 Å². The Bertz CT molecular complexity index is 2010. The molecule has 0 radical (unpaired) electrons. The van der Waals surface area contributed by atoms with Crippen molar-refractivity contribution in [2.24, 2.45) is 0 Å². The zero-order chi connectivity index (χ0) is 30.8. The number of para-hydroxylation sites is 3. The summed E-state index contributed by atoms with van der Waals surface area (Å²) in [6.07, 6.45) is 5.16. The summed E-state index contributed by atoms with van der Waals surface area (Å²) >= 11 is 0. The average molecular weight is 603 g/mol. The predicted octanol–water partition coefficient (Wildman–Crippen LogP) is 10.4. The van der Waals surface area contributed by atoms with Gasteiger partial charge in [-0.05, 0) is 62.1 Å². The van der Waals surface area contributed by atoms with Gasteiger partial charge in [0.25, 0.3) is 0 Å². The first-order valence-electron chi connectivity index (χ1n) is 15.9. The second-order valence-corrected chi connectivity index (χ2v) is 12.5. The highest BCUT2D eigenvalue weighted by molar-refractivity contribution is 6.03. The molecule has 230 valence electrons. The van der Waals surface area contributed by atoms with Crippen molar-refractivity contribution in [3.8, 4) is 22.3 Å². The van der Waals surface area contributed by atoms with E-state index in [0.29, 0.717) is 6.17 Å². The number of hydrogen-bond acceptors (Lipinski definition) is 4. The molecule has 9 rings (SSSR count). The van der Waals surface area contributed by atoms with Crippen molar-refractivity contribution in [2.45, 2.75) is 47.5 Å². The molecule has 5 aromatic rings. The standard InChI is InChI=1S/C23H20N2.C18H18N2.CH4/c1-16-9-8-14-21-19-12-6-7-13-20(19)22-15-24(17(2)25(22)23(16)21)18-10-4-3-5-11-18;1-12-7-6-10-16-14-8-4-5-9-15(14)17-11-19(3)13(2)20(17)18(12)16;/h3-15,17H,1-2H3;4-11,13H,1-3H3;1H4. The fourth-order valence-electron chi connectivity index (χ4n) is 7.55. The van der Waals surface area contributed by atoms with Crippen LogP contribution in [-0.4, -0.2) is 24.3 Å². The molecule has 4 aliphatic rings. The highest BCUT2D eigenvalue weighted by atomic mass is 15.4. The largest absolute Gasteiger partial charge is 0.358 e. The molecule has 5 aromatic carbocycles. The molecule has 2 unspecified atom stereocenters. The second-order valence-electron chi connectivity index (χ2n) is 12.5. The SMILES string of the molecule is C.Cc1cccc2c1N1C(=CN(C)C1C)c1ccccc1-2.Cc1cccc2c1N1C(=CN(c3ccccc3)C1C)c1ccccc1-2. The maximum absolute atomic E-state index is 2.49. The fourth-order valence-corrected chi connectivity index (χ4v) is 7.55. The molecule has 0 saturated carbocycles. The van der Waals surface area contributed by atoms with Crippen LogP contribution in [0.15, 0.2) is 128 Å². The summed E-state index contributed by atoms with van der Waals surface area (Å²) < 4.78 is 0. The smallest absolute Gasteiger partial charge is 0.108 e. The number of aryl methyl sites for hydroxylation is 2. The van der Waals surface area contributed by atoms with Gasteiger partial charge in [-0.3, -0.25) is 0 Å². The fraction of sp³-hybridized carbons (Fsp3) is 0.190. The maximum atomic E-state index is 2.49. The first-order chi connectivity index (χ1) is 21.9. The van der Waals surface area contributed by atoms with Crippen molar-refractivity contribution in [3.63, 3.8) is 0 Å². The third kappa shape index (κ3) is 4.35. The monoisotopic (exact) mass is 602 g/mol. The third-order valence-electron chi connectivity index (χ3n) is 9.84. The average Bonchev–Trinajstić information content (AvgIpc) is 3.58. The lowest BCUT2D eigenvalue weighted by Crippen LogP contribution is -2.38. The van der Waals surface area contributed by atoms with Gasteiger partial charge in [-0.25, -0.2) is 0 Å². The summed E-state index contributed by atoms with van der Waals surface area (Å²) in [6, 6.07) is 41.3. The third-order valence-corrected chi connectivity index (χ3v) is 9.84. The number of anilines is 3. The van der Waals surface area contributed by atoms with E-state index >= 15 is 0 Å². The quantitative estimate of drug-likeness (QED) is 0.189. The summed E-state index contributed by atoms with van der Waals surface area (Å²) in [7, 11) is 2.15. The van der Waals surface area contributed by atoms with Crippen LogP contribution in [0.25, 0.3) is 33.6 Å². The predicted molar refractivity (Wildman–Crippen MR) is 196 cm³/mol. The molecule has 0 aromatic heterocycles. The summed E-state index contributed by atoms with van der Waals surface area (Å²) in [4.78, 5) is 9.61. The molecule has 0 amide bonds. The second kappa shape index (κ2) is 11.3. The van der Waals surface area contributed by atoms with Crippen molar-refractivity contribution >= 4 is 28.5 Å². The zero-order valence-electron chi connectivity index (χ0n) is 26.6. The van der Waals surface area contributed by atoms with Gasteiger partial charge in [0.15, 0.2) is 0 Å². The van der Waals surface area contributed by atoms with E-state index < -0.39 is 0 Å². The van der Waals surface area contributed by atoms with Crippen molar-refractivity contribution in [1.82, 2.24) is 4.90 Å². The summed E-state index contributed by atoms with van der Waals surface area (Å²) in [5, 5.41) is 0.